The summed E-state index contributed by atoms with van der Waals surface area (Å²) in [5.74, 6) is 1.70. The van der Waals surface area contributed by atoms with Crippen molar-refractivity contribution < 1.29 is 4.74 Å². The minimum Gasteiger partial charge on any atom is -0.493 e. The molecule has 112 valence electrons. The van der Waals surface area contributed by atoms with E-state index in [4.69, 9.17) is 16.3 Å². The largest absolute Gasteiger partial charge is 0.493 e. The first kappa shape index (κ1) is 15.7. The molecule has 2 nitrogen and oxygen atoms in total. The van der Waals surface area contributed by atoms with Gasteiger partial charge in [0.05, 0.1) is 6.61 Å². The van der Waals surface area contributed by atoms with Gasteiger partial charge in [-0.05, 0) is 62.9 Å². The topological polar surface area (TPSA) is 21.3 Å². The van der Waals surface area contributed by atoms with Crippen LogP contribution in [0.2, 0.25) is 5.02 Å². The number of benzene rings is 1. The lowest BCUT2D eigenvalue weighted by Gasteiger charge is -2.25. The average molecular weight is 296 g/mol. The van der Waals surface area contributed by atoms with Crippen LogP contribution < -0.4 is 10.1 Å². The summed E-state index contributed by atoms with van der Waals surface area (Å²) in [6, 6.07) is 4.12. The molecule has 1 N–H and O–H groups in total. The fourth-order valence-electron chi connectivity index (χ4n) is 2.62. The maximum Gasteiger partial charge on any atom is 0.125 e. The maximum atomic E-state index is 6.23. The Morgan fingerprint density at radius 2 is 2.10 bits per heavy atom. The second-order valence-corrected chi connectivity index (χ2v) is 7.20. The zero-order valence-electron chi connectivity index (χ0n) is 13.1. The second kappa shape index (κ2) is 6.36. The summed E-state index contributed by atoms with van der Waals surface area (Å²) in [5, 5.41) is 4.44. The number of ether oxygens (including phenoxy) is 1. The van der Waals surface area contributed by atoms with Crippen molar-refractivity contribution in [2.24, 2.45) is 5.92 Å². The molecule has 3 heteroatoms. The van der Waals surface area contributed by atoms with Gasteiger partial charge in [0.1, 0.15) is 5.75 Å². The van der Waals surface area contributed by atoms with Crippen molar-refractivity contribution in [1.82, 2.24) is 5.32 Å². The van der Waals surface area contributed by atoms with Crippen LogP contribution in [0.15, 0.2) is 12.1 Å². The van der Waals surface area contributed by atoms with Crippen LogP contribution in [0.5, 0.6) is 5.75 Å². The molecule has 0 aliphatic carbocycles. The molecule has 1 aliphatic heterocycles. The molecule has 20 heavy (non-hydrogen) atoms. The Morgan fingerprint density at radius 3 is 2.75 bits per heavy atom. The Hall–Kier alpha value is -0.730. The highest BCUT2D eigenvalue weighted by Crippen LogP contribution is 2.34. The molecule has 1 aliphatic rings. The molecule has 0 radical (unpaired) electrons. The number of halogens is 1. The fourth-order valence-corrected chi connectivity index (χ4v) is 2.88. The van der Waals surface area contributed by atoms with E-state index in [1.54, 1.807) is 0 Å². The van der Waals surface area contributed by atoms with E-state index in [2.05, 4.69) is 39.1 Å². The molecule has 0 amide bonds. The van der Waals surface area contributed by atoms with Crippen molar-refractivity contribution in [3.05, 3.63) is 28.3 Å². The number of fused-ring (bicyclic) bond motifs is 1. The van der Waals surface area contributed by atoms with E-state index >= 15 is 0 Å². The van der Waals surface area contributed by atoms with E-state index in [0.29, 0.717) is 5.92 Å². The molecule has 0 saturated heterocycles. The Bertz CT molecular complexity index is 465. The van der Waals surface area contributed by atoms with E-state index in [1.807, 2.05) is 6.07 Å². The maximum absolute atomic E-state index is 6.23. The monoisotopic (exact) mass is 295 g/mol. The van der Waals surface area contributed by atoms with E-state index in [-0.39, 0.29) is 5.54 Å². The van der Waals surface area contributed by atoms with Gasteiger partial charge in [-0.2, -0.15) is 0 Å². The van der Waals surface area contributed by atoms with E-state index < -0.39 is 0 Å². The van der Waals surface area contributed by atoms with Gasteiger partial charge in [-0.25, -0.2) is 0 Å². The van der Waals surface area contributed by atoms with E-state index in [9.17, 15) is 0 Å². The zero-order valence-corrected chi connectivity index (χ0v) is 13.8. The smallest absolute Gasteiger partial charge is 0.125 e. The summed E-state index contributed by atoms with van der Waals surface area (Å²) < 4.78 is 5.80. The van der Waals surface area contributed by atoms with Crippen molar-refractivity contribution in [3.63, 3.8) is 0 Å². The van der Waals surface area contributed by atoms with Crippen LogP contribution in [-0.2, 0) is 12.8 Å². The van der Waals surface area contributed by atoms with Crippen LogP contribution in [0.3, 0.4) is 0 Å². The van der Waals surface area contributed by atoms with Gasteiger partial charge in [0.25, 0.3) is 0 Å². The van der Waals surface area contributed by atoms with Gasteiger partial charge in [0, 0.05) is 17.0 Å². The van der Waals surface area contributed by atoms with Crippen LogP contribution in [0, 0.1) is 5.92 Å². The Kier molecular flexibility index (Phi) is 4.98. The van der Waals surface area contributed by atoms with Crippen LogP contribution in [0.25, 0.3) is 0 Å². The normalized spacial score (nSPS) is 15.8. The molecule has 0 fully saturated rings. The van der Waals surface area contributed by atoms with Crippen molar-refractivity contribution in [3.8, 4) is 5.75 Å². The molecule has 1 aromatic rings. The zero-order chi connectivity index (χ0) is 14.8. The van der Waals surface area contributed by atoms with Crippen molar-refractivity contribution in [2.45, 2.75) is 52.5 Å². The molecule has 0 aromatic heterocycles. The molecule has 1 unspecified atom stereocenters. The van der Waals surface area contributed by atoms with Crippen LogP contribution in [0.1, 0.15) is 45.2 Å². The predicted octanol–water partition coefficient (Wildman–Crippen LogP) is 4.23. The lowest BCUT2D eigenvalue weighted by molar-refractivity contribution is 0.342. The molecule has 1 aromatic carbocycles. The SMILES string of the molecule is CCC(CNC(C)(C)C)Cc1cc(Cl)cc2c1OCC2. The number of hydrogen-bond acceptors (Lipinski definition) is 2. The van der Waals surface area contributed by atoms with E-state index in [1.165, 1.54) is 11.1 Å². The van der Waals surface area contributed by atoms with Crippen LogP contribution in [-0.4, -0.2) is 18.7 Å². The summed E-state index contributed by atoms with van der Waals surface area (Å²) in [4.78, 5) is 0. The molecule has 0 saturated carbocycles. The summed E-state index contributed by atoms with van der Waals surface area (Å²) in [5.41, 5.74) is 2.71. The Morgan fingerprint density at radius 1 is 1.35 bits per heavy atom. The minimum absolute atomic E-state index is 0.167. The lowest BCUT2D eigenvalue weighted by Crippen LogP contribution is -2.39. The second-order valence-electron chi connectivity index (χ2n) is 6.76. The number of rotatable bonds is 5. The first-order valence-corrected chi connectivity index (χ1v) is 7.96. The Labute approximate surface area is 127 Å². The summed E-state index contributed by atoms with van der Waals surface area (Å²) in [7, 11) is 0. The van der Waals surface area contributed by atoms with Gasteiger partial charge < -0.3 is 10.1 Å². The molecule has 1 heterocycles. The lowest BCUT2D eigenvalue weighted by atomic mass is 9.94. The molecular weight excluding hydrogens is 270 g/mol. The average Bonchev–Trinajstić information content (AvgIpc) is 2.81. The van der Waals surface area contributed by atoms with Crippen molar-refractivity contribution in [2.75, 3.05) is 13.2 Å². The Balaban J connectivity index is 2.08. The number of nitrogens with one attached hydrogen (secondary N) is 1. The van der Waals surface area contributed by atoms with Crippen molar-refractivity contribution in [1.29, 1.82) is 0 Å². The first-order valence-electron chi connectivity index (χ1n) is 7.58. The third kappa shape index (κ3) is 4.13. The van der Waals surface area contributed by atoms with Gasteiger partial charge in [-0.1, -0.05) is 24.9 Å². The quantitative estimate of drug-likeness (QED) is 0.877. The molecule has 1 atom stereocenters. The minimum atomic E-state index is 0.167. The van der Waals surface area contributed by atoms with Crippen LogP contribution in [0.4, 0.5) is 0 Å². The van der Waals surface area contributed by atoms with Gasteiger partial charge in [0.15, 0.2) is 0 Å². The highest BCUT2D eigenvalue weighted by Gasteiger charge is 2.20. The molecule has 0 spiro atoms. The van der Waals surface area contributed by atoms with Gasteiger partial charge in [0.2, 0.25) is 0 Å². The van der Waals surface area contributed by atoms with Gasteiger partial charge in [-0.15, -0.1) is 0 Å². The van der Waals surface area contributed by atoms with Crippen molar-refractivity contribution >= 4 is 11.6 Å². The van der Waals surface area contributed by atoms with Gasteiger partial charge >= 0.3 is 0 Å². The summed E-state index contributed by atoms with van der Waals surface area (Å²) in [6.45, 7) is 10.7. The molecule has 2 rings (SSSR count). The standard InChI is InChI=1S/C17H26ClNO/c1-5-12(11-19-17(2,3)4)8-14-10-15(18)9-13-6-7-20-16(13)14/h9-10,12,19H,5-8,11H2,1-4H3. The third-order valence-electron chi connectivity index (χ3n) is 3.83. The molecular formula is C17H26ClNO. The highest BCUT2D eigenvalue weighted by atomic mass is 35.5. The fraction of sp³-hybridized carbons (Fsp3) is 0.647. The summed E-state index contributed by atoms with van der Waals surface area (Å²) in [6.07, 6.45) is 3.17. The third-order valence-corrected chi connectivity index (χ3v) is 4.05. The van der Waals surface area contributed by atoms with E-state index in [0.717, 1.165) is 43.2 Å². The first-order chi connectivity index (χ1) is 9.39. The van der Waals surface area contributed by atoms with Gasteiger partial charge in [-0.3, -0.25) is 0 Å². The summed E-state index contributed by atoms with van der Waals surface area (Å²) >= 11 is 6.23. The highest BCUT2D eigenvalue weighted by molar-refractivity contribution is 6.30. The molecule has 0 bridgehead atoms. The van der Waals surface area contributed by atoms with Crippen LogP contribution >= 0.6 is 11.6 Å². The number of hydrogen-bond donors (Lipinski definition) is 1. The predicted molar refractivity (Wildman–Crippen MR) is 85.9 cm³/mol.